The third kappa shape index (κ3) is 2.81. The molecule has 0 radical (unpaired) electrons. The topological polar surface area (TPSA) is 55.1 Å². The van der Waals surface area contributed by atoms with Gasteiger partial charge in [0.05, 0.1) is 0 Å². The molecule has 0 bridgehead atoms. The van der Waals surface area contributed by atoms with Gasteiger partial charge in [-0.05, 0) is 24.7 Å². The highest BCUT2D eigenvalue weighted by molar-refractivity contribution is 5.74. The fraction of sp³-hybridized carbons (Fsp3) is 0.300. The molecule has 1 unspecified atom stereocenters. The van der Waals surface area contributed by atoms with Crippen LogP contribution < -0.4 is 11.1 Å². The lowest BCUT2D eigenvalue weighted by Crippen LogP contribution is -2.23. The fourth-order valence-electron chi connectivity index (χ4n) is 1.31. The first-order chi connectivity index (χ1) is 6.63. The lowest BCUT2D eigenvalue weighted by molar-refractivity contribution is -0.118. The van der Waals surface area contributed by atoms with E-state index in [0.29, 0.717) is 0 Å². The van der Waals surface area contributed by atoms with Crippen LogP contribution in [0.25, 0.3) is 0 Å². The number of carbonyl (C=O) groups is 1. The van der Waals surface area contributed by atoms with Crippen LogP contribution in [0.1, 0.15) is 18.0 Å². The smallest absolute Gasteiger partial charge is 0.219 e. The van der Waals surface area contributed by atoms with Gasteiger partial charge in [-0.2, -0.15) is 0 Å². The number of primary amides is 1. The molecule has 0 saturated heterocycles. The zero-order valence-electron chi connectivity index (χ0n) is 7.96. The van der Waals surface area contributed by atoms with E-state index in [1.807, 2.05) is 0 Å². The van der Waals surface area contributed by atoms with E-state index in [1.54, 1.807) is 19.2 Å². The van der Waals surface area contributed by atoms with Gasteiger partial charge in [-0.1, -0.05) is 12.1 Å². The van der Waals surface area contributed by atoms with Crippen LogP contribution in [0.3, 0.4) is 0 Å². The van der Waals surface area contributed by atoms with E-state index in [4.69, 9.17) is 5.73 Å². The minimum absolute atomic E-state index is 0.167. The van der Waals surface area contributed by atoms with Crippen molar-refractivity contribution < 1.29 is 9.18 Å². The van der Waals surface area contributed by atoms with Gasteiger partial charge in [0.2, 0.25) is 5.91 Å². The van der Waals surface area contributed by atoms with Gasteiger partial charge in [0.25, 0.3) is 0 Å². The molecular weight excluding hydrogens is 183 g/mol. The van der Waals surface area contributed by atoms with E-state index in [1.165, 1.54) is 12.1 Å². The molecule has 1 aromatic carbocycles. The van der Waals surface area contributed by atoms with Gasteiger partial charge in [-0.25, -0.2) is 4.39 Å². The van der Waals surface area contributed by atoms with Crippen molar-refractivity contribution in [3.05, 3.63) is 35.6 Å². The van der Waals surface area contributed by atoms with E-state index in [0.717, 1.165) is 5.56 Å². The highest BCUT2D eigenvalue weighted by Gasteiger charge is 2.12. The minimum Gasteiger partial charge on any atom is -0.370 e. The van der Waals surface area contributed by atoms with Crippen molar-refractivity contribution >= 4 is 5.91 Å². The first-order valence-corrected chi connectivity index (χ1v) is 4.34. The van der Waals surface area contributed by atoms with Crippen molar-refractivity contribution in [2.45, 2.75) is 12.5 Å². The van der Waals surface area contributed by atoms with Crippen molar-refractivity contribution in [3.63, 3.8) is 0 Å². The molecule has 0 spiro atoms. The van der Waals surface area contributed by atoms with E-state index >= 15 is 0 Å². The Kier molecular flexibility index (Phi) is 3.59. The average molecular weight is 196 g/mol. The number of halogens is 1. The van der Waals surface area contributed by atoms with Crippen molar-refractivity contribution in [2.24, 2.45) is 5.73 Å². The molecule has 0 aliphatic carbocycles. The summed E-state index contributed by atoms with van der Waals surface area (Å²) in [5.41, 5.74) is 5.80. The molecule has 0 aliphatic rings. The van der Waals surface area contributed by atoms with Crippen molar-refractivity contribution in [1.29, 1.82) is 0 Å². The Morgan fingerprint density at radius 2 is 2.36 bits per heavy atom. The summed E-state index contributed by atoms with van der Waals surface area (Å²) in [6, 6.07) is 5.90. The summed E-state index contributed by atoms with van der Waals surface area (Å²) >= 11 is 0. The summed E-state index contributed by atoms with van der Waals surface area (Å²) in [5.74, 6) is -0.721. The summed E-state index contributed by atoms with van der Waals surface area (Å²) in [6.07, 6.45) is 0.167. The van der Waals surface area contributed by atoms with Gasteiger partial charge < -0.3 is 11.1 Å². The van der Waals surface area contributed by atoms with Gasteiger partial charge in [-0.3, -0.25) is 4.79 Å². The summed E-state index contributed by atoms with van der Waals surface area (Å²) < 4.78 is 12.9. The molecule has 1 atom stereocenters. The van der Waals surface area contributed by atoms with Gasteiger partial charge >= 0.3 is 0 Å². The molecule has 76 valence electrons. The number of rotatable bonds is 4. The zero-order valence-corrected chi connectivity index (χ0v) is 7.96. The van der Waals surface area contributed by atoms with E-state index in [-0.39, 0.29) is 18.3 Å². The Bertz CT molecular complexity index is 328. The molecule has 1 rings (SSSR count). The molecule has 0 saturated carbocycles. The quantitative estimate of drug-likeness (QED) is 0.753. The first kappa shape index (κ1) is 10.7. The lowest BCUT2D eigenvalue weighted by Gasteiger charge is -2.14. The highest BCUT2D eigenvalue weighted by Crippen LogP contribution is 2.16. The maximum atomic E-state index is 12.9. The molecule has 0 heterocycles. The normalized spacial score (nSPS) is 12.4. The number of hydrogen-bond donors (Lipinski definition) is 2. The SMILES string of the molecule is CNC(CC(N)=O)c1cccc(F)c1. The summed E-state index contributed by atoms with van der Waals surface area (Å²) in [5, 5.41) is 2.91. The number of hydrogen-bond acceptors (Lipinski definition) is 2. The standard InChI is InChI=1S/C10H13FN2O/c1-13-9(6-10(12)14)7-3-2-4-8(11)5-7/h2-5,9,13H,6H2,1H3,(H2,12,14). The van der Waals surface area contributed by atoms with Crippen LogP contribution in [0.2, 0.25) is 0 Å². The second-order valence-corrected chi connectivity index (χ2v) is 3.07. The Labute approximate surface area is 82.1 Å². The van der Waals surface area contributed by atoms with Crippen molar-refractivity contribution in [3.8, 4) is 0 Å². The van der Waals surface area contributed by atoms with Gasteiger partial charge in [-0.15, -0.1) is 0 Å². The molecular formula is C10H13FN2O. The molecule has 0 aromatic heterocycles. The monoisotopic (exact) mass is 196 g/mol. The molecule has 0 fully saturated rings. The predicted molar refractivity (Wildman–Crippen MR) is 52.0 cm³/mol. The molecule has 0 aliphatic heterocycles. The van der Waals surface area contributed by atoms with Gasteiger partial charge in [0.15, 0.2) is 0 Å². The molecule has 1 aromatic rings. The minimum atomic E-state index is -0.409. The highest BCUT2D eigenvalue weighted by atomic mass is 19.1. The molecule has 3 N–H and O–H groups in total. The van der Waals surface area contributed by atoms with E-state index < -0.39 is 5.91 Å². The first-order valence-electron chi connectivity index (χ1n) is 4.34. The van der Waals surface area contributed by atoms with Crippen LogP contribution in [0.15, 0.2) is 24.3 Å². The average Bonchev–Trinajstić information content (AvgIpc) is 2.14. The largest absolute Gasteiger partial charge is 0.370 e. The van der Waals surface area contributed by atoms with Crippen LogP contribution in [-0.2, 0) is 4.79 Å². The Hall–Kier alpha value is -1.42. The summed E-state index contributed by atoms with van der Waals surface area (Å²) in [7, 11) is 1.71. The van der Waals surface area contributed by atoms with Crippen molar-refractivity contribution in [2.75, 3.05) is 7.05 Å². The van der Waals surface area contributed by atoms with Gasteiger partial charge in [0, 0.05) is 12.5 Å². The Morgan fingerprint density at radius 1 is 1.64 bits per heavy atom. The van der Waals surface area contributed by atoms with Crippen LogP contribution in [0.5, 0.6) is 0 Å². The van der Waals surface area contributed by atoms with Crippen LogP contribution in [-0.4, -0.2) is 13.0 Å². The third-order valence-electron chi connectivity index (χ3n) is 2.00. The number of benzene rings is 1. The predicted octanol–water partition coefficient (Wildman–Crippen LogP) is 0.962. The summed E-state index contributed by atoms with van der Waals surface area (Å²) in [4.78, 5) is 10.7. The van der Waals surface area contributed by atoms with E-state index in [9.17, 15) is 9.18 Å². The maximum Gasteiger partial charge on any atom is 0.219 e. The number of nitrogens with one attached hydrogen (secondary N) is 1. The third-order valence-corrected chi connectivity index (χ3v) is 2.00. The van der Waals surface area contributed by atoms with E-state index in [2.05, 4.69) is 5.32 Å². The number of amides is 1. The van der Waals surface area contributed by atoms with Crippen molar-refractivity contribution in [1.82, 2.24) is 5.32 Å². The summed E-state index contributed by atoms with van der Waals surface area (Å²) in [6.45, 7) is 0. The number of carbonyl (C=O) groups excluding carboxylic acids is 1. The zero-order chi connectivity index (χ0) is 10.6. The fourth-order valence-corrected chi connectivity index (χ4v) is 1.31. The second kappa shape index (κ2) is 4.72. The van der Waals surface area contributed by atoms with Crippen LogP contribution in [0, 0.1) is 5.82 Å². The molecule has 14 heavy (non-hydrogen) atoms. The molecule has 1 amide bonds. The Morgan fingerprint density at radius 3 is 2.86 bits per heavy atom. The van der Waals surface area contributed by atoms with Crippen LogP contribution >= 0.6 is 0 Å². The van der Waals surface area contributed by atoms with Gasteiger partial charge in [0.1, 0.15) is 5.82 Å². The number of nitrogens with two attached hydrogens (primary N) is 1. The Balaban J connectivity index is 2.83. The maximum absolute atomic E-state index is 12.9. The lowest BCUT2D eigenvalue weighted by atomic mass is 10.0. The van der Waals surface area contributed by atoms with Crippen LogP contribution in [0.4, 0.5) is 4.39 Å². The second-order valence-electron chi connectivity index (χ2n) is 3.07. The molecule has 3 nitrogen and oxygen atoms in total. The molecule has 4 heteroatoms.